The smallest absolute Gasteiger partial charge is 0.251 e. The zero-order valence-corrected chi connectivity index (χ0v) is 11.7. The van der Waals surface area contributed by atoms with Crippen molar-refractivity contribution in [2.75, 3.05) is 6.54 Å². The molecule has 0 aliphatic heterocycles. The monoisotopic (exact) mass is 280 g/mol. The minimum Gasteiger partial charge on any atom is -0.350 e. The van der Waals surface area contributed by atoms with Crippen LogP contribution in [0.15, 0.2) is 30.6 Å². The van der Waals surface area contributed by atoms with Gasteiger partial charge in [-0.2, -0.15) is 0 Å². The SMILES string of the molecule is CC(C)(N)CNC(=O)c1ccc2nccnc2c1.Cl. The second kappa shape index (κ2) is 5.95. The van der Waals surface area contributed by atoms with Crippen LogP contribution < -0.4 is 11.1 Å². The Balaban J connectivity index is 0.00000180. The van der Waals surface area contributed by atoms with Crippen molar-refractivity contribution < 1.29 is 4.79 Å². The number of amides is 1. The summed E-state index contributed by atoms with van der Waals surface area (Å²) in [7, 11) is 0. The lowest BCUT2D eigenvalue weighted by molar-refractivity contribution is 0.0946. The molecule has 0 fully saturated rings. The Morgan fingerprint density at radius 2 is 1.89 bits per heavy atom. The zero-order valence-electron chi connectivity index (χ0n) is 10.9. The number of rotatable bonds is 3. The molecule has 0 aliphatic carbocycles. The number of hydrogen-bond acceptors (Lipinski definition) is 4. The lowest BCUT2D eigenvalue weighted by Crippen LogP contribution is -2.45. The van der Waals surface area contributed by atoms with Crippen molar-refractivity contribution >= 4 is 29.3 Å². The highest BCUT2D eigenvalue weighted by Crippen LogP contribution is 2.10. The molecule has 19 heavy (non-hydrogen) atoms. The number of nitrogens with one attached hydrogen (secondary N) is 1. The number of nitrogens with two attached hydrogens (primary N) is 1. The number of aromatic nitrogens is 2. The van der Waals surface area contributed by atoms with Gasteiger partial charge in [-0.3, -0.25) is 14.8 Å². The van der Waals surface area contributed by atoms with Gasteiger partial charge in [0.2, 0.25) is 0 Å². The van der Waals surface area contributed by atoms with E-state index in [1.807, 2.05) is 13.8 Å². The van der Waals surface area contributed by atoms with Crippen LogP contribution in [0.3, 0.4) is 0 Å². The summed E-state index contributed by atoms with van der Waals surface area (Å²) in [6.45, 7) is 4.14. The molecule has 1 heterocycles. The van der Waals surface area contributed by atoms with Gasteiger partial charge in [0.05, 0.1) is 11.0 Å². The Morgan fingerprint density at radius 3 is 2.53 bits per heavy atom. The van der Waals surface area contributed by atoms with Crippen molar-refractivity contribution in [1.82, 2.24) is 15.3 Å². The predicted octanol–water partition coefficient (Wildman–Crippen LogP) is 1.52. The maximum Gasteiger partial charge on any atom is 0.251 e. The first kappa shape index (κ1) is 15.3. The van der Waals surface area contributed by atoms with Crippen LogP contribution in [0.2, 0.25) is 0 Å². The average Bonchev–Trinajstić information content (AvgIpc) is 2.34. The molecule has 0 atom stereocenters. The number of carbonyl (C=O) groups is 1. The molecule has 2 aromatic rings. The molecule has 0 aliphatic rings. The van der Waals surface area contributed by atoms with Crippen molar-refractivity contribution in [3.8, 4) is 0 Å². The van der Waals surface area contributed by atoms with E-state index in [0.29, 0.717) is 17.6 Å². The van der Waals surface area contributed by atoms with E-state index in [-0.39, 0.29) is 18.3 Å². The van der Waals surface area contributed by atoms with Crippen LogP contribution in [0.1, 0.15) is 24.2 Å². The molecule has 0 unspecified atom stereocenters. The van der Waals surface area contributed by atoms with Gasteiger partial charge < -0.3 is 11.1 Å². The summed E-state index contributed by atoms with van der Waals surface area (Å²) in [6.07, 6.45) is 3.23. The highest BCUT2D eigenvalue weighted by Gasteiger charge is 2.13. The third-order valence-electron chi connectivity index (χ3n) is 2.44. The van der Waals surface area contributed by atoms with Gasteiger partial charge >= 0.3 is 0 Å². The molecule has 1 aromatic heterocycles. The Morgan fingerprint density at radius 1 is 1.26 bits per heavy atom. The van der Waals surface area contributed by atoms with Crippen molar-refractivity contribution in [3.05, 3.63) is 36.2 Å². The van der Waals surface area contributed by atoms with Crippen molar-refractivity contribution in [2.45, 2.75) is 19.4 Å². The zero-order chi connectivity index (χ0) is 13.2. The minimum atomic E-state index is -0.424. The van der Waals surface area contributed by atoms with Crippen LogP contribution in [0, 0.1) is 0 Å². The van der Waals surface area contributed by atoms with Crippen LogP contribution in [-0.4, -0.2) is 28.0 Å². The molecular formula is C13H17ClN4O. The van der Waals surface area contributed by atoms with Gasteiger partial charge in [-0.1, -0.05) is 0 Å². The Hall–Kier alpha value is -1.72. The summed E-state index contributed by atoms with van der Waals surface area (Å²) in [6, 6.07) is 5.24. The molecule has 5 nitrogen and oxygen atoms in total. The first-order valence-corrected chi connectivity index (χ1v) is 5.73. The van der Waals surface area contributed by atoms with Crippen LogP contribution in [0.25, 0.3) is 11.0 Å². The third-order valence-corrected chi connectivity index (χ3v) is 2.44. The Labute approximate surface area is 118 Å². The number of halogens is 1. The van der Waals surface area contributed by atoms with Crippen LogP contribution in [0.5, 0.6) is 0 Å². The molecular weight excluding hydrogens is 264 g/mol. The Kier molecular flexibility index (Phi) is 4.80. The van der Waals surface area contributed by atoms with Gasteiger partial charge in [0.1, 0.15) is 0 Å². The highest BCUT2D eigenvalue weighted by atomic mass is 35.5. The van der Waals surface area contributed by atoms with E-state index < -0.39 is 5.54 Å². The first-order valence-electron chi connectivity index (χ1n) is 5.73. The number of nitrogens with zero attached hydrogens (tertiary/aromatic N) is 2. The van der Waals surface area contributed by atoms with Crippen LogP contribution in [-0.2, 0) is 0 Å². The fourth-order valence-electron chi connectivity index (χ4n) is 1.51. The largest absolute Gasteiger partial charge is 0.350 e. The molecule has 0 bridgehead atoms. The summed E-state index contributed by atoms with van der Waals surface area (Å²) in [5, 5.41) is 2.79. The molecule has 1 aromatic carbocycles. The number of carbonyl (C=O) groups excluding carboxylic acids is 1. The van der Waals surface area contributed by atoms with Crippen molar-refractivity contribution in [3.63, 3.8) is 0 Å². The topological polar surface area (TPSA) is 80.9 Å². The molecule has 102 valence electrons. The van der Waals surface area contributed by atoms with Gasteiger partial charge in [0.15, 0.2) is 0 Å². The molecule has 0 saturated heterocycles. The molecule has 0 saturated carbocycles. The minimum absolute atomic E-state index is 0. The standard InChI is InChI=1S/C13H16N4O.ClH/c1-13(2,14)8-17-12(18)9-3-4-10-11(7-9)16-6-5-15-10;/h3-7H,8,14H2,1-2H3,(H,17,18);1H. The van der Waals surface area contributed by atoms with E-state index in [1.54, 1.807) is 30.6 Å². The fourth-order valence-corrected chi connectivity index (χ4v) is 1.51. The number of hydrogen-bond donors (Lipinski definition) is 2. The summed E-state index contributed by atoms with van der Waals surface area (Å²) in [4.78, 5) is 20.2. The predicted molar refractivity (Wildman–Crippen MR) is 77.4 cm³/mol. The lowest BCUT2D eigenvalue weighted by atomic mass is 10.1. The molecule has 3 N–H and O–H groups in total. The van der Waals surface area contributed by atoms with E-state index in [1.165, 1.54) is 0 Å². The molecule has 2 rings (SSSR count). The van der Waals surface area contributed by atoms with Crippen molar-refractivity contribution in [1.29, 1.82) is 0 Å². The second-order valence-corrected chi connectivity index (χ2v) is 4.93. The number of fused-ring (bicyclic) bond motifs is 1. The van der Waals surface area contributed by atoms with E-state index in [2.05, 4.69) is 15.3 Å². The molecule has 1 amide bonds. The summed E-state index contributed by atoms with van der Waals surface area (Å²) in [5.74, 6) is -0.152. The number of benzene rings is 1. The molecule has 0 radical (unpaired) electrons. The van der Waals surface area contributed by atoms with E-state index >= 15 is 0 Å². The Bertz CT molecular complexity index is 580. The quantitative estimate of drug-likeness (QED) is 0.893. The summed E-state index contributed by atoms with van der Waals surface area (Å²) < 4.78 is 0. The average molecular weight is 281 g/mol. The van der Waals surface area contributed by atoms with Gasteiger partial charge in [-0.15, -0.1) is 12.4 Å². The van der Waals surface area contributed by atoms with Crippen LogP contribution in [0.4, 0.5) is 0 Å². The summed E-state index contributed by atoms with van der Waals surface area (Å²) >= 11 is 0. The van der Waals surface area contributed by atoms with Gasteiger partial charge in [-0.05, 0) is 32.0 Å². The molecule has 0 spiro atoms. The van der Waals surface area contributed by atoms with E-state index in [0.717, 1.165) is 5.52 Å². The van der Waals surface area contributed by atoms with E-state index in [9.17, 15) is 4.79 Å². The van der Waals surface area contributed by atoms with Gasteiger partial charge in [-0.25, -0.2) is 0 Å². The molecule has 6 heteroatoms. The van der Waals surface area contributed by atoms with Crippen LogP contribution >= 0.6 is 12.4 Å². The van der Waals surface area contributed by atoms with Gasteiger partial charge in [0.25, 0.3) is 5.91 Å². The van der Waals surface area contributed by atoms with E-state index in [4.69, 9.17) is 5.73 Å². The normalized spacial score (nSPS) is 10.9. The second-order valence-electron chi connectivity index (χ2n) is 4.93. The highest BCUT2D eigenvalue weighted by molar-refractivity contribution is 5.97. The lowest BCUT2D eigenvalue weighted by Gasteiger charge is -2.18. The third kappa shape index (κ3) is 4.15. The van der Waals surface area contributed by atoms with Crippen molar-refractivity contribution in [2.24, 2.45) is 5.73 Å². The maximum absolute atomic E-state index is 11.9. The first-order chi connectivity index (χ1) is 8.46. The van der Waals surface area contributed by atoms with Gasteiger partial charge in [0, 0.05) is 30.0 Å². The summed E-state index contributed by atoms with van der Waals surface area (Å²) in [5.41, 5.74) is 7.43. The fraction of sp³-hybridized carbons (Fsp3) is 0.308. The maximum atomic E-state index is 11.9.